The summed E-state index contributed by atoms with van der Waals surface area (Å²) in [6.07, 6.45) is 1.67. The van der Waals surface area contributed by atoms with Gasteiger partial charge in [-0.1, -0.05) is 6.07 Å². The van der Waals surface area contributed by atoms with Gasteiger partial charge in [0.2, 0.25) is 0 Å². The second-order valence-electron chi connectivity index (χ2n) is 5.12. The Hall–Kier alpha value is -3.33. The molecule has 0 aliphatic rings. The Kier molecular flexibility index (Phi) is 4.17. The molecule has 0 atom stereocenters. The summed E-state index contributed by atoms with van der Waals surface area (Å²) >= 11 is 0. The van der Waals surface area contributed by atoms with E-state index in [1.165, 1.54) is 12.1 Å². The van der Waals surface area contributed by atoms with Crippen LogP contribution in [0.5, 0.6) is 0 Å². The van der Waals surface area contributed by atoms with Crippen molar-refractivity contribution >= 4 is 16.7 Å². The monoisotopic (exact) mass is 327 g/mol. The van der Waals surface area contributed by atoms with Gasteiger partial charge < -0.3 is 15.3 Å². The van der Waals surface area contributed by atoms with Crippen LogP contribution in [-0.2, 0) is 13.1 Å². The molecule has 122 valence electrons. The molecule has 0 amide bonds. The summed E-state index contributed by atoms with van der Waals surface area (Å²) in [5.74, 6) is 0. The summed E-state index contributed by atoms with van der Waals surface area (Å²) in [6.45, 7) is 0.718. The summed E-state index contributed by atoms with van der Waals surface area (Å²) in [4.78, 5) is 42.5. The maximum absolute atomic E-state index is 11.5. The van der Waals surface area contributed by atoms with E-state index in [9.17, 15) is 19.7 Å². The minimum Gasteiger partial charge on any atom is -0.316 e. The summed E-state index contributed by atoms with van der Waals surface area (Å²) < 4.78 is 0. The number of benzene rings is 1. The Morgan fingerprint density at radius 3 is 2.62 bits per heavy atom. The van der Waals surface area contributed by atoms with Crippen LogP contribution in [-0.4, -0.2) is 19.9 Å². The smallest absolute Gasteiger partial charge is 0.314 e. The van der Waals surface area contributed by atoms with E-state index >= 15 is 0 Å². The zero-order valence-electron chi connectivity index (χ0n) is 12.4. The van der Waals surface area contributed by atoms with Gasteiger partial charge in [0.15, 0.2) is 0 Å². The van der Waals surface area contributed by atoms with Crippen molar-refractivity contribution in [3.63, 3.8) is 0 Å². The van der Waals surface area contributed by atoms with Crippen LogP contribution in [0.1, 0.15) is 11.3 Å². The zero-order valence-corrected chi connectivity index (χ0v) is 12.4. The van der Waals surface area contributed by atoms with E-state index in [-0.39, 0.29) is 17.7 Å². The molecule has 3 N–H and O–H groups in total. The van der Waals surface area contributed by atoms with Gasteiger partial charge in [0, 0.05) is 31.4 Å². The van der Waals surface area contributed by atoms with Gasteiger partial charge in [0.05, 0.1) is 21.7 Å². The van der Waals surface area contributed by atoms with E-state index in [0.29, 0.717) is 17.6 Å². The molecular formula is C15H13N5O4. The highest BCUT2D eigenvalue weighted by atomic mass is 16.6. The number of hydrogen-bond acceptors (Lipinski definition) is 6. The van der Waals surface area contributed by atoms with E-state index in [1.807, 2.05) is 12.1 Å². The molecule has 9 nitrogen and oxygen atoms in total. The van der Waals surface area contributed by atoms with Crippen molar-refractivity contribution in [3.05, 3.63) is 78.6 Å². The van der Waals surface area contributed by atoms with Crippen molar-refractivity contribution < 1.29 is 4.92 Å². The van der Waals surface area contributed by atoms with Crippen LogP contribution in [0.15, 0.2) is 46.1 Å². The minimum atomic E-state index is -0.851. The van der Waals surface area contributed by atoms with Gasteiger partial charge in [0.25, 0.3) is 5.69 Å². The highest BCUT2D eigenvalue weighted by Crippen LogP contribution is 2.21. The summed E-state index contributed by atoms with van der Waals surface area (Å²) in [5.41, 5.74) is 0.0670. The van der Waals surface area contributed by atoms with Gasteiger partial charge in [-0.2, -0.15) is 0 Å². The number of nitro groups is 1. The van der Waals surface area contributed by atoms with Gasteiger partial charge in [-0.15, -0.1) is 0 Å². The highest BCUT2D eigenvalue weighted by Gasteiger charge is 2.13. The fourth-order valence-corrected chi connectivity index (χ4v) is 2.35. The molecule has 2 heterocycles. The zero-order chi connectivity index (χ0) is 17.1. The van der Waals surface area contributed by atoms with Crippen molar-refractivity contribution in [3.8, 4) is 0 Å². The predicted octanol–water partition coefficient (Wildman–Crippen LogP) is 0.809. The molecule has 0 unspecified atom stereocenters. The number of H-pyrrole nitrogens is 2. The molecule has 3 rings (SSSR count). The quantitative estimate of drug-likeness (QED) is 0.361. The number of hydrogen-bond donors (Lipinski definition) is 3. The van der Waals surface area contributed by atoms with Crippen molar-refractivity contribution in [2.45, 2.75) is 13.1 Å². The Bertz CT molecular complexity index is 1010. The van der Waals surface area contributed by atoms with E-state index in [1.54, 1.807) is 12.3 Å². The van der Waals surface area contributed by atoms with Crippen molar-refractivity contribution in [2.75, 3.05) is 0 Å². The molecule has 1 aromatic carbocycles. The van der Waals surface area contributed by atoms with Gasteiger partial charge in [-0.25, -0.2) is 0 Å². The lowest BCUT2D eigenvalue weighted by atomic mass is 10.1. The normalized spacial score (nSPS) is 10.8. The fraction of sp³-hybridized carbons (Fsp3) is 0.133. The van der Waals surface area contributed by atoms with Gasteiger partial charge in [-0.05, 0) is 17.7 Å². The second-order valence-corrected chi connectivity index (χ2v) is 5.12. The molecular weight excluding hydrogens is 314 g/mol. The molecule has 3 aromatic rings. The molecule has 9 heteroatoms. The standard InChI is InChI=1S/C15H13N5O4/c21-14-15(22)19-13-9(5-11(20(23)24)6-12(13)18-14)7-16-8-10-3-1-2-4-17-10/h1-6,16H,7-8H2,(H,18,21)(H,19,22). The van der Waals surface area contributed by atoms with Crippen LogP contribution in [0, 0.1) is 10.1 Å². The van der Waals surface area contributed by atoms with E-state index in [4.69, 9.17) is 0 Å². The molecule has 24 heavy (non-hydrogen) atoms. The molecule has 0 saturated carbocycles. The molecule has 0 spiro atoms. The lowest BCUT2D eigenvalue weighted by Gasteiger charge is -2.08. The average molecular weight is 327 g/mol. The Labute approximate surface area is 134 Å². The van der Waals surface area contributed by atoms with Crippen molar-refractivity contribution in [2.24, 2.45) is 0 Å². The Balaban J connectivity index is 1.95. The molecule has 0 bridgehead atoms. The Morgan fingerprint density at radius 2 is 1.92 bits per heavy atom. The SMILES string of the molecule is O=c1[nH]c2cc([N+](=O)[O-])cc(CNCc3ccccn3)c2[nH]c1=O. The first kappa shape index (κ1) is 15.6. The average Bonchev–Trinajstić information content (AvgIpc) is 2.57. The van der Waals surface area contributed by atoms with Crippen LogP contribution in [0.3, 0.4) is 0 Å². The lowest BCUT2D eigenvalue weighted by molar-refractivity contribution is -0.384. The second kappa shape index (κ2) is 6.42. The first-order valence-electron chi connectivity index (χ1n) is 7.09. The van der Waals surface area contributed by atoms with E-state index < -0.39 is 16.0 Å². The van der Waals surface area contributed by atoms with Crippen LogP contribution in [0.2, 0.25) is 0 Å². The number of nitro benzene ring substituents is 1. The van der Waals surface area contributed by atoms with E-state index in [0.717, 1.165) is 5.69 Å². The minimum absolute atomic E-state index is 0.167. The van der Waals surface area contributed by atoms with Gasteiger partial charge in [0.1, 0.15) is 0 Å². The highest BCUT2D eigenvalue weighted by molar-refractivity contribution is 5.80. The molecule has 0 saturated heterocycles. The van der Waals surface area contributed by atoms with Gasteiger partial charge >= 0.3 is 11.1 Å². The topological polar surface area (TPSA) is 134 Å². The number of aromatic nitrogens is 3. The van der Waals surface area contributed by atoms with Crippen LogP contribution in [0.25, 0.3) is 11.0 Å². The molecule has 0 aliphatic carbocycles. The number of pyridine rings is 1. The van der Waals surface area contributed by atoms with Crippen LogP contribution in [0.4, 0.5) is 5.69 Å². The fourth-order valence-electron chi connectivity index (χ4n) is 2.35. The van der Waals surface area contributed by atoms with Crippen molar-refractivity contribution in [1.29, 1.82) is 0 Å². The maximum atomic E-state index is 11.5. The molecule has 0 fully saturated rings. The molecule has 0 radical (unpaired) electrons. The first-order chi connectivity index (χ1) is 11.5. The van der Waals surface area contributed by atoms with Crippen LogP contribution >= 0.6 is 0 Å². The number of rotatable bonds is 5. The number of nitrogens with zero attached hydrogens (tertiary/aromatic N) is 2. The Morgan fingerprint density at radius 1 is 1.12 bits per heavy atom. The molecule has 0 aliphatic heterocycles. The predicted molar refractivity (Wildman–Crippen MR) is 86.6 cm³/mol. The van der Waals surface area contributed by atoms with Crippen molar-refractivity contribution in [1.82, 2.24) is 20.3 Å². The largest absolute Gasteiger partial charge is 0.316 e. The summed E-state index contributed by atoms with van der Waals surface area (Å²) in [6, 6.07) is 8.09. The third kappa shape index (κ3) is 3.20. The maximum Gasteiger partial charge on any atom is 0.314 e. The third-order valence-corrected chi connectivity index (χ3v) is 3.46. The first-order valence-corrected chi connectivity index (χ1v) is 7.09. The van der Waals surface area contributed by atoms with E-state index in [2.05, 4.69) is 20.3 Å². The van der Waals surface area contributed by atoms with Crippen LogP contribution < -0.4 is 16.4 Å². The number of aromatic amines is 2. The number of fused-ring (bicyclic) bond motifs is 1. The molecule has 2 aromatic heterocycles. The summed E-state index contributed by atoms with van der Waals surface area (Å²) in [7, 11) is 0. The summed E-state index contributed by atoms with van der Waals surface area (Å²) in [5, 5.41) is 14.2. The lowest BCUT2D eigenvalue weighted by Crippen LogP contribution is -2.29. The number of non-ortho nitro benzene ring substituents is 1. The third-order valence-electron chi connectivity index (χ3n) is 3.46. The van der Waals surface area contributed by atoms with Gasteiger partial charge in [-0.3, -0.25) is 24.7 Å². The number of nitrogens with one attached hydrogen (secondary N) is 3.